The number of unbranched alkanes of at least 4 members (excludes halogenated alkanes) is 6. The molecule has 0 aliphatic rings. The number of carboxylic acid groups (broad SMARTS) is 1. The van der Waals surface area contributed by atoms with Crippen LogP contribution in [-0.4, -0.2) is 22.8 Å². The predicted molar refractivity (Wildman–Crippen MR) is 108 cm³/mol. The molecule has 0 saturated heterocycles. The quantitative estimate of drug-likeness (QED) is 0.241. The van der Waals surface area contributed by atoms with Crippen molar-refractivity contribution in [2.75, 3.05) is 6.61 Å². The number of benzene rings is 1. The molecule has 2 N–H and O–H groups in total. The Kier molecular flexibility index (Phi) is 10.9. The third-order valence-corrected chi connectivity index (χ3v) is 5.00. The summed E-state index contributed by atoms with van der Waals surface area (Å²) in [4.78, 5) is 22.4. The Labute approximate surface area is 163 Å². The Balaban J connectivity index is 2.79. The summed E-state index contributed by atoms with van der Waals surface area (Å²) in [5.41, 5.74) is 2.38. The van der Waals surface area contributed by atoms with Crippen LogP contribution >= 0.6 is 0 Å². The molecule has 1 aromatic rings. The summed E-state index contributed by atoms with van der Waals surface area (Å²) < 4.78 is 0. The molecule has 154 valence electrons. The summed E-state index contributed by atoms with van der Waals surface area (Å²) in [5.74, 6) is -1.31. The van der Waals surface area contributed by atoms with Gasteiger partial charge in [0, 0.05) is 5.56 Å². The molecule has 0 unspecified atom stereocenters. The number of aromatic carboxylic acids is 1. The largest absolute Gasteiger partial charge is 0.504 e. The van der Waals surface area contributed by atoms with Gasteiger partial charge >= 0.3 is 5.97 Å². The zero-order chi connectivity index (χ0) is 20.2. The number of aromatic hydroxyl groups is 1. The van der Waals surface area contributed by atoms with Gasteiger partial charge in [-0.15, -0.1) is 0 Å². The molecular formula is C22H36O5. The summed E-state index contributed by atoms with van der Waals surface area (Å²) in [6.45, 7) is 8.49. The minimum Gasteiger partial charge on any atom is -0.504 e. The van der Waals surface area contributed by atoms with E-state index < -0.39 is 5.97 Å². The van der Waals surface area contributed by atoms with Crippen molar-refractivity contribution in [2.24, 2.45) is 0 Å². The normalized spacial score (nSPS) is 11.0. The van der Waals surface area contributed by atoms with E-state index in [0.717, 1.165) is 24.0 Å². The molecule has 0 heterocycles. The van der Waals surface area contributed by atoms with Crippen molar-refractivity contribution in [2.45, 2.75) is 91.9 Å². The molecule has 1 aromatic carbocycles. The molecular weight excluding hydrogens is 344 g/mol. The number of carbonyl (C=O) groups is 1. The predicted octanol–water partition coefficient (Wildman–Crippen LogP) is 5.84. The van der Waals surface area contributed by atoms with Gasteiger partial charge in [-0.3, -0.25) is 0 Å². The zero-order valence-electron chi connectivity index (χ0n) is 17.4. The summed E-state index contributed by atoms with van der Waals surface area (Å²) in [6, 6.07) is 0. The van der Waals surface area contributed by atoms with E-state index >= 15 is 0 Å². The van der Waals surface area contributed by atoms with Crippen LogP contribution in [0.1, 0.15) is 99.7 Å². The first-order valence-electron chi connectivity index (χ1n) is 10.4. The summed E-state index contributed by atoms with van der Waals surface area (Å²) >= 11 is 0. The van der Waals surface area contributed by atoms with Crippen molar-refractivity contribution in [1.29, 1.82) is 0 Å². The Morgan fingerprint density at radius 3 is 1.89 bits per heavy atom. The van der Waals surface area contributed by atoms with Crippen LogP contribution in [0.25, 0.3) is 0 Å². The molecule has 0 amide bonds. The van der Waals surface area contributed by atoms with Gasteiger partial charge in [0.2, 0.25) is 5.75 Å². The first kappa shape index (κ1) is 23.3. The average molecular weight is 381 g/mol. The standard InChI is InChI=1S/C22H36O5/c1-5-9-10-11-12-13-14-15-26-27-21-18(8-4)16(6-2)17(7-3)19(20(21)23)22(24)25/h23H,5-15H2,1-4H3,(H,24,25). The van der Waals surface area contributed by atoms with Crippen LogP contribution in [0, 0.1) is 0 Å². The van der Waals surface area contributed by atoms with E-state index in [0.29, 0.717) is 31.4 Å². The zero-order valence-corrected chi connectivity index (χ0v) is 17.4. The number of phenols is 1. The molecule has 0 atom stereocenters. The smallest absolute Gasteiger partial charge is 0.339 e. The Morgan fingerprint density at radius 1 is 0.815 bits per heavy atom. The van der Waals surface area contributed by atoms with Gasteiger partial charge in [0.15, 0.2) is 5.75 Å². The molecule has 27 heavy (non-hydrogen) atoms. The second kappa shape index (κ2) is 12.6. The highest BCUT2D eigenvalue weighted by molar-refractivity contribution is 5.94. The van der Waals surface area contributed by atoms with E-state index in [-0.39, 0.29) is 17.1 Å². The molecule has 1 rings (SSSR count). The topological polar surface area (TPSA) is 76.0 Å². The Hall–Kier alpha value is -1.75. The molecule has 0 aromatic heterocycles. The average Bonchev–Trinajstić information content (AvgIpc) is 2.66. The summed E-state index contributed by atoms with van der Waals surface area (Å²) in [6.07, 6.45) is 10.1. The second-order valence-corrected chi connectivity index (χ2v) is 6.88. The van der Waals surface area contributed by atoms with Gasteiger partial charge in [0.25, 0.3) is 0 Å². The lowest BCUT2D eigenvalue weighted by Crippen LogP contribution is -2.12. The highest BCUT2D eigenvalue weighted by Gasteiger charge is 2.26. The van der Waals surface area contributed by atoms with Crippen molar-refractivity contribution in [3.8, 4) is 11.5 Å². The maximum atomic E-state index is 11.7. The van der Waals surface area contributed by atoms with Gasteiger partial charge in [-0.25, -0.2) is 4.79 Å². The minimum absolute atomic E-state index is 0.0684. The lowest BCUT2D eigenvalue weighted by molar-refractivity contribution is -0.208. The minimum atomic E-state index is -1.14. The fourth-order valence-corrected chi connectivity index (χ4v) is 3.60. The van der Waals surface area contributed by atoms with Crippen LogP contribution in [0.2, 0.25) is 0 Å². The van der Waals surface area contributed by atoms with Crippen LogP contribution in [0.4, 0.5) is 0 Å². The van der Waals surface area contributed by atoms with Crippen LogP contribution in [-0.2, 0) is 24.2 Å². The molecule has 0 bridgehead atoms. The number of carboxylic acids is 1. The van der Waals surface area contributed by atoms with E-state index in [4.69, 9.17) is 9.78 Å². The SMILES string of the molecule is CCCCCCCCCOOc1c(O)c(C(=O)O)c(CC)c(CC)c1CC. The second-order valence-electron chi connectivity index (χ2n) is 6.88. The summed E-state index contributed by atoms with van der Waals surface area (Å²) in [7, 11) is 0. The lowest BCUT2D eigenvalue weighted by Gasteiger charge is -2.20. The van der Waals surface area contributed by atoms with Crippen LogP contribution in [0.3, 0.4) is 0 Å². The van der Waals surface area contributed by atoms with Crippen molar-refractivity contribution in [1.82, 2.24) is 0 Å². The molecule has 5 nitrogen and oxygen atoms in total. The van der Waals surface area contributed by atoms with E-state index in [9.17, 15) is 15.0 Å². The molecule has 0 fully saturated rings. The highest BCUT2D eigenvalue weighted by atomic mass is 17.2. The number of rotatable bonds is 14. The van der Waals surface area contributed by atoms with E-state index in [1.807, 2.05) is 20.8 Å². The molecule has 0 saturated carbocycles. The van der Waals surface area contributed by atoms with Gasteiger partial charge in [0.1, 0.15) is 5.56 Å². The summed E-state index contributed by atoms with van der Waals surface area (Å²) in [5, 5.41) is 20.1. The first-order valence-corrected chi connectivity index (χ1v) is 10.4. The van der Waals surface area contributed by atoms with Gasteiger partial charge in [-0.1, -0.05) is 66.2 Å². The third-order valence-electron chi connectivity index (χ3n) is 5.00. The van der Waals surface area contributed by atoms with Gasteiger partial charge in [0.05, 0.1) is 6.61 Å². The molecule has 5 heteroatoms. The molecule has 0 spiro atoms. The monoisotopic (exact) mass is 380 g/mol. The maximum Gasteiger partial charge on any atom is 0.339 e. The maximum absolute atomic E-state index is 11.7. The fraction of sp³-hybridized carbons (Fsp3) is 0.682. The van der Waals surface area contributed by atoms with Crippen molar-refractivity contribution < 1.29 is 24.8 Å². The Morgan fingerprint density at radius 2 is 1.37 bits per heavy atom. The molecule has 0 aliphatic carbocycles. The number of hydrogen-bond donors (Lipinski definition) is 2. The van der Waals surface area contributed by atoms with Gasteiger partial charge < -0.3 is 15.1 Å². The van der Waals surface area contributed by atoms with Crippen molar-refractivity contribution in [3.63, 3.8) is 0 Å². The Bertz CT molecular complexity index is 595. The van der Waals surface area contributed by atoms with Gasteiger partial charge in [-0.05, 0) is 36.8 Å². The van der Waals surface area contributed by atoms with E-state index in [1.165, 1.54) is 32.1 Å². The van der Waals surface area contributed by atoms with Crippen LogP contribution < -0.4 is 4.89 Å². The lowest BCUT2D eigenvalue weighted by atomic mass is 9.89. The van der Waals surface area contributed by atoms with Gasteiger partial charge in [-0.2, -0.15) is 4.89 Å². The van der Waals surface area contributed by atoms with Crippen LogP contribution in [0.15, 0.2) is 0 Å². The van der Waals surface area contributed by atoms with E-state index in [2.05, 4.69) is 6.92 Å². The van der Waals surface area contributed by atoms with Crippen LogP contribution in [0.5, 0.6) is 11.5 Å². The first-order chi connectivity index (χ1) is 13.0. The van der Waals surface area contributed by atoms with E-state index in [1.54, 1.807) is 0 Å². The van der Waals surface area contributed by atoms with Crippen molar-refractivity contribution >= 4 is 5.97 Å². The highest BCUT2D eigenvalue weighted by Crippen LogP contribution is 2.40. The fourth-order valence-electron chi connectivity index (χ4n) is 3.60. The molecule has 0 radical (unpaired) electrons. The number of hydrogen-bond acceptors (Lipinski definition) is 4. The third kappa shape index (κ3) is 6.42. The van der Waals surface area contributed by atoms with Crippen molar-refractivity contribution in [3.05, 3.63) is 22.3 Å². The molecule has 0 aliphatic heterocycles.